The largest absolute Gasteiger partial charge is 0.476 e. The van der Waals surface area contributed by atoms with Gasteiger partial charge in [0.05, 0.1) is 11.4 Å². The van der Waals surface area contributed by atoms with E-state index in [4.69, 9.17) is 16.7 Å². The third-order valence-corrected chi connectivity index (χ3v) is 3.21. The lowest BCUT2D eigenvalue weighted by Gasteiger charge is -2.07. The topological polar surface area (TPSA) is 68.0 Å². The molecule has 0 aliphatic heterocycles. The van der Waals surface area contributed by atoms with E-state index in [-0.39, 0.29) is 5.69 Å². The summed E-state index contributed by atoms with van der Waals surface area (Å²) in [7, 11) is 0. The fourth-order valence-corrected chi connectivity index (χ4v) is 2.11. The monoisotopic (exact) mass is 299 g/mol. The molecule has 3 aromatic rings. The number of aromatic carboxylic acids is 1. The predicted octanol–water partition coefficient (Wildman–Crippen LogP) is 3.29. The quantitative estimate of drug-likeness (QED) is 0.806. The van der Waals surface area contributed by atoms with Gasteiger partial charge < -0.3 is 5.11 Å². The van der Waals surface area contributed by atoms with Crippen LogP contribution < -0.4 is 0 Å². The summed E-state index contributed by atoms with van der Waals surface area (Å²) < 4.78 is 1.57. The highest BCUT2D eigenvalue weighted by Gasteiger charge is 2.15. The van der Waals surface area contributed by atoms with Crippen LogP contribution in [0.3, 0.4) is 0 Å². The highest BCUT2D eigenvalue weighted by molar-refractivity contribution is 6.30. The molecule has 21 heavy (non-hydrogen) atoms. The van der Waals surface area contributed by atoms with Crippen LogP contribution in [0.5, 0.6) is 0 Å². The maximum atomic E-state index is 11.2. The van der Waals surface area contributed by atoms with Crippen molar-refractivity contribution < 1.29 is 9.90 Å². The van der Waals surface area contributed by atoms with E-state index in [1.807, 2.05) is 6.07 Å². The Balaban J connectivity index is 2.19. The normalized spacial score (nSPS) is 10.5. The van der Waals surface area contributed by atoms with Crippen molar-refractivity contribution in [3.63, 3.8) is 0 Å². The lowest BCUT2D eigenvalue weighted by atomic mass is 10.2. The number of pyridine rings is 1. The number of rotatable bonds is 3. The van der Waals surface area contributed by atoms with Crippen LogP contribution in [-0.2, 0) is 0 Å². The number of hydrogen-bond acceptors (Lipinski definition) is 3. The van der Waals surface area contributed by atoms with Crippen molar-refractivity contribution in [1.82, 2.24) is 14.8 Å². The van der Waals surface area contributed by atoms with E-state index in [0.29, 0.717) is 10.7 Å². The van der Waals surface area contributed by atoms with E-state index < -0.39 is 5.97 Å². The fourth-order valence-electron chi connectivity index (χ4n) is 1.98. The molecule has 104 valence electrons. The molecular weight excluding hydrogens is 290 g/mol. The van der Waals surface area contributed by atoms with Crippen LogP contribution in [0.4, 0.5) is 0 Å². The molecule has 0 aliphatic rings. The number of nitrogens with zero attached hydrogens (tertiary/aromatic N) is 3. The molecule has 0 saturated heterocycles. The summed E-state index contributed by atoms with van der Waals surface area (Å²) in [6.07, 6.45) is 3.32. The van der Waals surface area contributed by atoms with Crippen LogP contribution in [0.15, 0.2) is 54.9 Å². The molecule has 0 saturated carbocycles. The first kappa shape index (κ1) is 13.3. The van der Waals surface area contributed by atoms with Gasteiger partial charge in [0, 0.05) is 23.0 Å². The van der Waals surface area contributed by atoms with Gasteiger partial charge in [0.15, 0.2) is 5.69 Å². The highest BCUT2D eigenvalue weighted by atomic mass is 35.5. The first-order valence-corrected chi connectivity index (χ1v) is 6.52. The van der Waals surface area contributed by atoms with Crippen molar-refractivity contribution in [1.29, 1.82) is 0 Å². The van der Waals surface area contributed by atoms with E-state index in [1.54, 1.807) is 47.4 Å². The molecule has 6 heteroatoms. The molecular formula is C15H10ClN3O2. The summed E-state index contributed by atoms with van der Waals surface area (Å²) in [4.78, 5) is 15.2. The standard InChI is InChI=1S/C15H10ClN3O2/c16-11-3-5-12(6-4-11)19-14(8-13(18-19)15(20)21)10-2-1-7-17-9-10/h1-9H,(H,20,21). The van der Waals surface area contributed by atoms with Crippen molar-refractivity contribution in [2.45, 2.75) is 0 Å². The Hall–Kier alpha value is -2.66. The van der Waals surface area contributed by atoms with Crippen molar-refractivity contribution in [2.75, 3.05) is 0 Å². The third kappa shape index (κ3) is 2.64. The van der Waals surface area contributed by atoms with Crippen LogP contribution in [0.1, 0.15) is 10.5 Å². The minimum atomic E-state index is -1.08. The number of aromatic nitrogens is 3. The molecule has 0 atom stereocenters. The molecule has 0 aliphatic carbocycles. The minimum absolute atomic E-state index is 0.0243. The van der Waals surface area contributed by atoms with E-state index >= 15 is 0 Å². The van der Waals surface area contributed by atoms with Crippen molar-refractivity contribution >= 4 is 17.6 Å². The van der Waals surface area contributed by atoms with Crippen LogP contribution >= 0.6 is 11.6 Å². The lowest BCUT2D eigenvalue weighted by molar-refractivity contribution is 0.0690. The lowest BCUT2D eigenvalue weighted by Crippen LogP contribution is -2.02. The number of carboxylic acids is 1. The van der Waals surface area contributed by atoms with Crippen LogP contribution in [0.2, 0.25) is 5.02 Å². The summed E-state index contributed by atoms with van der Waals surface area (Å²) in [5, 5.41) is 13.9. The zero-order valence-corrected chi connectivity index (χ0v) is 11.5. The van der Waals surface area contributed by atoms with Crippen molar-refractivity contribution in [3.05, 3.63) is 65.6 Å². The molecule has 0 bridgehead atoms. The molecule has 3 rings (SSSR count). The first-order valence-electron chi connectivity index (χ1n) is 6.15. The van der Waals surface area contributed by atoms with Gasteiger partial charge in [-0.05, 0) is 42.5 Å². The highest BCUT2D eigenvalue weighted by Crippen LogP contribution is 2.24. The zero-order valence-electron chi connectivity index (χ0n) is 10.8. The van der Waals surface area contributed by atoms with Crippen LogP contribution in [-0.4, -0.2) is 25.8 Å². The van der Waals surface area contributed by atoms with Gasteiger partial charge in [-0.3, -0.25) is 4.98 Å². The van der Waals surface area contributed by atoms with Gasteiger partial charge in [-0.15, -0.1) is 0 Å². The molecule has 0 unspecified atom stereocenters. The summed E-state index contributed by atoms with van der Waals surface area (Å²) in [6.45, 7) is 0. The van der Waals surface area contributed by atoms with Gasteiger partial charge in [0.2, 0.25) is 0 Å². The van der Waals surface area contributed by atoms with Crippen molar-refractivity contribution in [2.24, 2.45) is 0 Å². The molecule has 1 aromatic carbocycles. The smallest absolute Gasteiger partial charge is 0.356 e. The average Bonchev–Trinajstić information content (AvgIpc) is 2.94. The molecule has 5 nitrogen and oxygen atoms in total. The second kappa shape index (κ2) is 5.38. The van der Waals surface area contributed by atoms with E-state index in [2.05, 4.69) is 10.1 Å². The number of carbonyl (C=O) groups is 1. The van der Waals surface area contributed by atoms with E-state index in [1.165, 1.54) is 6.07 Å². The number of carboxylic acid groups (broad SMARTS) is 1. The van der Waals surface area contributed by atoms with Gasteiger partial charge in [0.25, 0.3) is 0 Å². The maximum absolute atomic E-state index is 11.2. The SMILES string of the molecule is O=C(O)c1cc(-c2cccnc2)n(-c2ccc(Cl)cc2)n1. The second-order valence-corrected chi connectivity index (χ2v) is 4.79. The molecule has 2 heterocycles. The Labute approximate surface area is 125 Å². The van der Waals surface area contributed by atoms with Crippen molar-refractivity contribution in [3.8, 4) is 16.9 Å². The summed E-state index contributed by atoms with van der Waals surface area (Å²) >= 11 is 5.88. The average molecular weight is 300 g/mol. The molecule has 2 aromatic heterocycles. The summed E-state index contributed by atoms with van der Waals surface area (Å²) in [6, 6.07) is 12.2. The number of benzene rings is 1. The minimum Gasteiger partial charge on any atom is -0.476 e. The Kier molecular flexibility index (Phi) is 3.41. The maximum Gasteiger partial charge on any atom is 0.356 e. The first-order chi connectivity index (χ1) is 10.1. The second-order valence-electron chi connectivity index (χ2n) is 4.35. The zero-order chi connectivity index (χ0) is 14.8. The summed E-state index contributed by atoms with van der Waals surface area (Å²) in [5.74, 6) is -1.08. The Bertz CT molecular complexity index is 782. The summed E-state index contributed by atoms with van der Waals surface area (Å²) in [5.41, 5.74) is 2.14. The Morgan fingerprint density at radius 1 is 1.19 bits per heavy atom. The van der Waals surface area contributed by atoms with E-state index in [0.717, 1.165) is 11.3 Å². The Morgan fingerprint density at radius 2 is 1.95 bits per heavy atom. The van der Waals surface area contributed by atoms with Crippen LogP contribution in [0.25, 0.3) is 16.9 Å². The van der Waals surface area contributed by atoms with Crippen LogP contribution in [0, 0.1) is 0 Å². The Morgan fingerprint density at radius 3 is 2.57 bits per heavy atom. The van der Waals surface area contributed by atoms with E-state index in [9.17, 15) is 4.79 Å². The molecule has 1 N–H and O–H groups in total. The van der Waals surface area contributed by atoms with Gasteiger partial charge in [-0.25, -0.2) is 9.48 Å². The molecule has 0 spiro atoms. The molecule has 0 fully saturated rings. The van der Waals surface area contributed by atoms with Gasteiger partial charge in [-0.2, -0.15) is 5.10 Å². The fraction of sp³-hybridized carbons (Fsp3) is 0. The molecule has 0 amide bonds. The number of halogens is 1. The van der Waals surface area contributed by atoms with Gasteiger partial charge in [-0.1, -0.05) is 11.6 Å². The number of hydrogen-bond donors (Lipinski definition) is 1. The van der Waals surface area contributed by atoms with Gasteiger partial charge >= 0.3 is 5.97 Å². The van der Waals surface area contributed by atoms with Gasteiger partial charge in [0.1, 0.15) is 0 Å². The predicted molar refractivity (Wildman–Crippen MR) is 78.8 cm³/mol. The molecule has 0 radical (unpaired) electrons. The third-order valence-electron chi connectivity index (χ3n) is 2.96.